The van der Waals surface area contributed by atoms with E-state index in [-0.39, 0.29) is 0 Å². The fourth-order valence-corrected chi connectivity index (χ4v) is 7.32. The van der Waals surface area contributed by atoms with Gasteiger partial charge in [-0.2, -0.15) is 0 Å². The van der Waals surface area contributed by atoms with Gasteiger partial charge >= 0.3 is 0 Å². The lowest BCUT2D eigenvalue weighted by Crippen LogP contribution is -1.95. The average Bonchev–Trinajstić information content (AvgIpc) is 3.78. The van der Waals surface area contributed by atoms with Gasteiger partial charge in [0.05, 0.1) is 27.6 Å². The minimum atomic E-state index is 0.978. The summed E-state index contributed by atoms with van der Waals surface area (Å²) in [6.07, 6.45) is 3.97. The highest BCUT2D eigenvalue weighted by atomic mass is 15.0. The molecule has 0 saturated heterocycles. The van der Waals surface area contributed by atoms with Crippen molar-refractivity contribution in [2.24, 2.45) is 0 Å². The van der Waals surface area contributed by atoms with Crippen molar-refractivity contribution in [2.45, 2.75) is 0 Å². The number of nitrogens with zero attached hydrogens (tertiary/aromatic N) is 4. The van der Waals surface area contributed by atoms with Gasteiger partial charge in [-0.15, -0.1) is 0 Å². The van der Waals surface area contributed by atoms with Gasteiger partial charge in [0, 0.05) is 56.1 Å². The fraction of sp³-hybridized carbons (Fsp3) is 0. The zero-order valence-corrected chi connectivity index (χ0v) is 23.1. The molecule has 4 nitrogen and oxygen atoms in total. The number of benzene rings is 6. The number of pyridine rings is 1. The summed E-state index contributed by atoms with van der Waals surface area (Å²) in [7, 11) is 0. The van der Waals surface area contributed by atoms with Crippen LogP contribution in [0.25, 0.3) is 82.3 Å². The molecule has 0 aliphatic rings. The quantitative estimate of drug-likeness (QED) is 0.198. The van der Waals surface area contributed by atoms with Crippen LogP contribution in [0.5, 0.6) is 0 Å². The lowest BCUT2D eigenvalue weighted by atomic mass is 10.0. The van der Waals surface area contributed by atoms with Crippen LogP contribution in [0, 0.1) is 0 Å². The number of para-hydroxylation sites is 4. The normalized spacial score (nSPS) is 12.2. The van der Waals surface area contributed by atoms with Crippen LogP contribution in [0.2, 0.25) is 0 Å². The van der Waals surface area contributed by atoms with E-state index in [9.17, 15) is 0 Å². The van der Waals surface area contributed by atoms with Crippen molar-refractivity contribution in [3.05, 3.63) is 146 Å². The average molecular weight is 549 g/mol. The number of aromatic nitrogens is 4. The van der Waals surface area contributed by atoms with Gasteiger partial charge in [0.1, 0.15) is 5.65 Å². The Labute approximate surface area is 246 Å². The van der Waals surface area contributed by atoms with Crippen LogP contribution in [-0.4, -0.2) is 18.5 Å². The van der Waals surface area contributed by atoms with Crippen LogP contribution in [0.1, 0.15) is 0 Å². The SMILES string of the molecule is c1ccc(-n2c3ccccc3c3c2ccc2c4cc5c6ccccc6n6ccnc6c5cc4n(-c4ccccc4)c23)cc1. The maximum atomic E-state index is 4.84. The van der Waals surface area contributed by atoms with Crippen LogP contribution in [0.3, 0.4) is 0 Å². The number of fused-ring (bicyclic) bond motifs is 13. The molecule has 0 aliphatic carbocycles. The first kappa shape index (κ1) is 22.8. The first-order chi connectivity index (χ1) is 21.4. The Morgan fingerprint density at radius 2 is 1.09 bits per heavy atom. The third-order valence-corrected chi connectivity index (χ3v) is 9.07. The highest BCUT2D eigenvalue weighted by Gasteiger charge is 2.22. The highest BCUT2D eigenvalue weighted by Crippen LogP contribution is 2.43. The molecule has 4 aromatic heterocycles. The van der Waals surface area contributed by atoms with Crippen molar-refractivity contribution in [1.29, 1.82) is 0 Å². The molecule has 0 fully saturated rings. The van der Waals surface area contributed by atoms with Gasteiger partial charge < -0.3 is 9.13 Å². The second-order valence-electron chi connectivity index (χ2n) is 11.3. The van der Waals surface area contributed by atoms with Crippen molar-refractivity contribution >= 4 is 70.9 Å². The predicted octanol–water partition coefficient (Wildman–Crippen LogP) is 9.83. The molecule has 200 valence electrons. The Kier molecular flexibility index (Phi) is 4.42. The molecular formula is C39H24N4. The zero-order valence-electron chi connectivity index (χ0n) is 23.1. The molecule has 0 unspecified atom stereocenters. The van der Waals surface area contributed by atoms with E-state index in [4.69, 9.17) is 4.98 Å². The first-order valence-corrected chi connectivity index (χ1v) is 14.7. The second-order valence-corrected chi connectivity index (χ2v) is 11.3. The van der Waals surface area contributed by atoms with E-state index in [1.54, 1.807) is 0 Å². The van der Waals surface area contributed by atoms with E-state index in [2.05, 4.69) is 153 Å². The summed E-state index contributed by atoms with van der Waals surface area (Å²) in [6, 6.07) is 48.3. The molecule has 10 aromatic rings. The van der Waals surface area contributed by atoms with Gasteiger partial charge in [-0.25, -0.2) is 4.98 Å². The first-order valence-electron chi connectivity index (χ1n) is 14.7. The molecular weight excluding hydrogens is 524 g/mol. The minimum absolute atomic E-state index is 0.978. The van der Waals surface area contributed by atoms with Crippen LogP contribution in [0.4, 0.5) is 0 Å². The van der Waals surface area contributed by atoms with Gasteiger partial charge in [0.15, 0.2) is 0 Å². The lowest BCUT2D eigenvalue weighted by Gasteiger charge is -2.11. The van der Waals surface area contributed by atoms with Crippen LogP contribution >= 0.6 is 0 Å². The molecule has 0 radical (unpaired) electrons. The van der Waals surface area contributed by atoms with Crippen molar-refractivity contribution in [3.63, 3.8) is 0 Å². The predicted molar refractivity (Wildman–Crippen MR) is 179 cm³/mol. The Hall–Kier alpha value is -5.87. The number of imidazole rings is 1. The van der Waals surface area contributed by atoms with E-state index >= 15 is 0 Å². The molecule has 0 amide bonds. The van der Waals surface area contributed by atoms with Crippen LogP contribution in [0.15, 0.2) is 146 Å². The summed E-state index contributed by atoms with van der Waals surface area (Å²) in [6.45, 7) is 0. The maximum Gasteiger partial charge on any atom is 0.145 e. The minimum Gasteiger partial charge on any atom is -0.309 e. The third-order valence-electron chi connectivity index (χ3n) is 9.07. The van der Waals surface area contributed by atoms with Gasteiger partial charge in [-0.1, -0.05) is 78.9 Å². The second kappa shape index (κ2) is 8.34. The summed E-state index contributed by atoms with van der Waals surface area (Å²) >= 11 is 0. The molecule has 10 rings (SSSR count). The molecule has 4 heteroatoms. The zero-order chi connectivity index (χ0) is 28.1. The number of hydrogen-bond donors (Lipinski definition) is 0. The van der Waals surface area contributed by atoms with Crippen molar-refractivity contribution in [2.75, 3.05) is 0 Å². The van der Waals surface area contributed by atoms with E-state index in [0.29, 0.717) is 0 Å². The van der Waals surface area contributed by atoms with Gasteiger partial charge in [-0.3, -0.25) is 4.40 Å². The molecule has 4 heterocycles. The summed E-state index contributed by atoms with van der Waals surface area (Å²) < 4.78 is 7.07. The highest BCUT2D eigenvalue weighted by molar-refractivity contribution is 6.28. The lowest BCUT2D eigenvalue weighted by molar-refractivity contribution is 1.17. The molecule has 0 aliphatic heterocycles. The summed E-state index contributed by atoms with van der Waals surface area (Å²) in [5.41, 5.74) is 9.26. The van der Waals surface area contributed by atoms with E-state index in [1.807, 2.05) is 6.20 Å². The molecule has 0 spiro atoms. The maximum absolute atomic E-state index is 4.84. The molecule has 0 saturated carbocycles. The standard InChI is InChI=1S/C39H24N4/c1-3-11-25(12-4-1)42-34-18-10-8-16-29(34)37-35(42)20-19-28-31-23-30-27-15-7-9-17-33(27)41-22-21-40-39(41)32(30)24-36(31)43(38(28)37)26-13-5-2-6-14-26/h1-24H. The molecule has 0 bridgehead atoms. The van der Waals surface area contributed by atoms with E-state index < -0.39 is 0 Å². The monoisotopic (exact) mass is 548 g/mol. The fourth-order valence-electron chi connectivity index (χ4n) is 7.32. The van der Waals surface area contributed by atoms with Crippen molar-refractivity contribution in [1.82, 2.24) is 18.5 Å². The van der Waals surface area contributed by atoms with Crippen molar-refractivity contribution < 1.29 is 0 Å². The molecule has 6 aromatic carbocycles. The smallest absolute Gasteiger partial charge is 0.145 e. The largest absolute Gasteiger partial charge is 0.309 e. The van der Waals surface area contributed by atoms with Crippen LogP contribution in [-0.2, 0) is 0 Å². The molecule has 43 heavy (non-hydrogen) atoms. The Balaban J connectivity index is 1.48. The Morgan fingerprint density at radius 1 is 0.419 bits per heavy atom. The number of hydrogen-bond acceptors (Lipinski definition) is 1. The van der Waals surface area contributed by atoms with Gasteiger partial charge in [0.2, 0.25) is 0 Å². The van der Waals surface area contributed by atoms with Gasteiger partial charge in [-0.05, 0) is 60.0 Å². The van der Waals surface area contributed by atoms with E-state index in [0.717, 1.165) is 22.4 Å². The third kappa shape index (κ3) is 2.97. The Bertz CT molecular complexity index is 2710. The summed E-state index contributed by atoms with van der Waals surface area (Å²) in [4.78, 5) is 4.84. The topological polar surface area (TPSA) is 27.2 Å². The number of rotatable bonds is 2. The van der Waals surface area contributed by atoms with Gasteiger partial charge in [0.25, 0.3) is 0 Å². The van der Waals surface area contributed by atoms with E-state index in [1.165, 1.54) is 59.9 Å². The summed E-state index contributed by atoms with van der Waals surface area (Å²) in [5, 5.41) is 8.60. The molecule has 0 atom stereocenters. The Morgan fingerprint density at radius 3 is 1.88 bits per heavy atom. The molecule has 0 N–H and O–H groups in total. The summed E-state index contributed by atoms with van der Waals surface area (Å²) in [5.74, 6) is 0. The van der Waals surface area contributed by atoms with Crippen molar-refractivity contribution in [3.8, 4) is 11.4 Å². The van der Waals surface area contributed by atoms with Crippen LogP contribution < -0.4 is 0 Å².